The van der Waals surface area contributed by atoms with Crippen LogP contribution in [0, 0.1) is 0 Å². The second-order valence-electron chi connectivity index (χ2n) is 4.83. The lowest BCUT2D eigenvalue weighted by molar-refractivity contribution is -0.128. The molecule has 1 heterocycles. The van der Waals surface area contributed by atoms with Crippen LogP contribution >= 0.6 is 11.8 Å². The summed E-state index contributed by atoms with van der Waals surface area (Å²) in [5.74, 6) is 0.950. The van der Waals surface area contributed by atoms with Gasteiger partial charge in [-0.2, -0.15) is 0 Å². The summed E-state index contributed by atoms with van der Waals surface area (Å²) in [5, 5.41) is 4.02. The average molecular weight is 254 g/mol. The first kappa shape index (κ1) is 13.0. The average Bonchev–Trinajstić information content (AvgIpc) is 3.18. The Balaban J connectivity index is 1.72. The minimum atomic E-state index is 0.302. The van der Waals surface area contributed by atoms with E-state index in [2.05, 4.69) is 11.9 Å². The van der Waals surface area contributed by atoms with Gasteiger partial charge >= 0.3 is 0 Å². The van der Waals surface area contributed by atoms with Gasteiger partial charge in [0.05, 0.1) is 5.75 Å². The first-order valence-corrected chi connectivity index (χ1v) is 7.59. The minimum Gasteiger partial charge on any atom is -0.335 e. The molecule has 0 bridgehead atoms. The van der Waals surface area contributed by atoms with Crippen molar-refractivity contribution in [2.75, 3.05) is 25.4 Å². The Hall–Kier alpha value is -0.480. The highest BCUT2D eigenvalue weighted by molar-refractivity contribution is 8.00. The molecule has 0 atom stereocenters. The quantitative estimate of drug-likeness (QED) is 0.732. The number of hydrogen-bond donors (Lipinski definition) is 1. The predicted molar refractivity (Wildman–Crippen MR) is 73.3 cm³/mol. The van der Waals surface area contributed by atoms with Gasteiger partial charge in [-0.1, -0.05) is 6.08 Å². The van der Waals surface area contributed by atoms with Crippen molar-refractivity contribution in [3.8, 4) is 0 Å². The van der Waals surface area contributed by atoms with Crippen LogP contribution in [0.2, 0.25) is 0 Å². The number of amides is 1. The first-order chi connectivity index (χ1) is 8.31. The standard InChI is InChI=1S/C13H22N2OS/c1-2-9-15(11-3-4-11)13(16)10-17-12-5-7-14-8-6-12/h2,11-12,14H,1,3-10H2. The monoisotopic (exact) mass is 254 g/mol. The highest BCUT2D eigenvalue weighted by Gasteiger charge is 2.31. The molecular formula is C13H22N2OS. The van der Waals surface area contributed by atoms with Crippen LogP contribution < -0.4 is 5.32 Å². The number of nitrogens with zero attached hydrogens (tertiary/aromatic N) is 1. The molecule has 2 fully saturated rings. The first-order valence-electron chi connectivity index (χ1n) is 6.54. The number of thioether (sulfide) groups is 1. The van der Waals surface area contributed by atoms with Crippen molar-refractivity contribution >= 4 is 17.7 Å². The summed E-state index contributed by atoms with van der Waals surface area (Å²) in [6, 6.07) is 0.508. The van der Waals surface area contributed by atoms with Crippen LogP contribution in [0.4, 0.5) is 0 Å². The van der Waals surface area contributed by atoms with E-state index in [0.29, 0.717) is 23.0 Å². The maximum atomic E-state index is 12.1. The number of nitrogens with one attached hydrogen (secondary N) is 1. The lowest BCUT2D eigenvalue weighted by atomic mass is 10.2. The maximum absolute atomic E-state index is 12.1. The van der Waals surface area contributed by atoms with Crippen LogP contribution in [0.3, 0.4) is 0 Å². The van der Waals surface area contributed by atoms with E-state index in [-0.39, 0.29) is 0 Å². The molecule has 17 heavy (non-hydrogen) atoms. The Bertz CT molecular complexity index is 273. The van der Waals surface area contributed by atoms with Crippen LogP contribution in [-0.4, -0.2) is 47.5 Å². The molecule has 1 aliphatic carbocycles. The van der Waals surface area contributed by atoms with E-state index < -0.39 is 0 Å². The Morgan fingerprint density at radius 2 is 2.06 bits per heavy atom. The number of carbonyl (C=O) groups excluding carboxylic acids is 1. The highest BCUT2D eigenvalue weighted by Crippen LogP contribution is 2.28. The zero-order valence-electron chi connectivity index (χ0n) is 10.4. The van der Waals surface area contributed by atoms with Crippen molar-refractivity contribution in [3.05, 3.63) is 12.7 Å². The third-order valence-corrected chi connectivity index (χ3v) is 4.72. The third kappa shape index (κ3) is 4.03. The van der Waals surface area contributed by atoms with Crippen molar-refractivity contribution in [3.63, 3.8) is 0 Å². The van der Waals surface area contributed by atoms with Crippen molar-refractivity contribution < 1.29 is 4.79 Å². The molecule has 1 saturated heterocycles. The van der Waals surface area contributed by atoms with E-state index in [1.807, 2.05) is 22.7 Å². The molecule has 1 N–H and O–H groups in total. The van der Waals surface area contributed by atoms with Crippen LogP contribution in [0.25, 0.3) is 0 Å². The molecule has 3 nitrogen and oxygen atoms in total. The maximum Gasteiger partial charge on any atom is 0.233 e. The fourth-order valence-electron chi connectivity index (χ4n) is 2.21. The van der Waals surface area contributed by atoms with Gasteiger partial charge in [-0.05, 0) is 38.8 Å². The Morgan fingerprint density at radius 1 is 1.35 bits per heavy atom. The number of hydrogen-bond acceptors (Lipinski definition) is 3. The fourth-order valence-corrected chi connectivity index (χ4v) is 3.33. The highest BCUT2D eigenvalue weighted by atomic mass is 32.2. The summed E-state index contributed by atoms with van der Waals surface area (Å²) in [7, 11) is 0. The van der Waals surface area contributed by atoms with Gasteiger partial charge in [0.15, 0.2) is 0 Å². The fraction of sp³-hybridized carbons (Fsp3) is 0.769. The minimum absolute atomic E-state index is 0.302. The topological polar surface area (TPSA) is 32.3 Å². The van der Waals surface area contributed by atoms with Crippen LogP contribution in [0.15, 0.2) is 12.7 Å². The smallest absolute Gasteiger partial charge is 0.233 e. The van der Waals surface area contributed by atoms with Gasteiger partial charge in [0, 0.05) is 17.8 Å². The van der Waals surface area contributed by atoms with E-state index in [1.165, 1.54) is 25.7 Å². The normalized spacial score (nSPS) is 21.2. The second-order valence-corrected chi connectivity index (χ2v) is 6.11. The number of carbonyl (C=O) groups is 1. The molecule has 2 aliphatic rings. The molecular weight excluding hydrogens is 232 g/mol. The SMILES string of the molecule is C=CCN(C(=O)CSC1CCNCC1)C1CC1. The zero-order chi connectivity index (χ0) is 12.1. The van der Waals surface area contributed by atoms with Gasteiger partial charge in [-0.15, -0.1) is 18.3 Å². The van der Waals surface area contributed by atoms with Crippen molar-refractivity contribution in [1.29, 1.82) is 0 Å². The molecule has 96 valence electrons. The molecule has 0 aromatic carbocycles. The second kappa shape index (κ2) is 6.45. The molecule has 0 aromatic heterocycles. The predicted octanol–water partition coefficient (Wildman–Crippen LogP) is 1.65. The molecule has 1 amide bonds. The lowest BCUT2D eigenvalue weighted by Gasteiger charge is -2.24. The van der Waals surface area contributed by atoms with Crippen molar-refractivity contribution in [1.82, 2.24) is 10.2 Å². The van der Waals surface area contributed by atoms with E-state index in [9.17, 15) is 4.79 Å². The summed E-state index contributed by atoms with van der Waals surface area (Å²) in [6.07, 6.45) is 6.59. The van der Waals surface area contributed by atoms with Gasteiger partial charge < -0.3 is 10.2 Å². The summed E-state index contributed by atoms with van der Waals surface area (Å²) in [5.41, 5.74) is 0. The molecule has 0 spiro atoms. The van der Waals surface area contributed by atoms with Crippen LogP contribution in [0.1, 0.15) is 25.7 Å². The molecule has 4 heteroatoms. The molecule has 1 saturated carbocycles. The van der Waals surface area contributed by atoms with Gasteiger partial charge in [-0.3, -0.25) is 4.79 Å². The van der Waals surface area contributed by atoms with Gasteiger partial charge in [0.1, 0.15) is 0 Å². The Labute approximate surface area is 108 Å². The van der Waals surface area contributed by atoms with Crippen molar-refractivity contribution in [2.24, 2.45) is 0 Å². The van der Waals surface area contributed by atoms with E-state index in [4.69, 9.17) is 0 Å². The van der Waals surface area contributed by atoms with Crippen molar-refractivity contribution in [2.45, 2.75) is 37.0 Å². The number of piperidine rings is 1. The summed E-state index contributed by atoms with van der Waals surface area (Å²) in [6.45, 7) is 6.66. The van der Waals surface area contributed by atoms with E-state index in [0.717, 1.165) is 19.6 Å². The molecule has 1 aliphatic heterocycles. The summed E-state index contributed by atoms with van der Waals surface area (Å²) < 4.78 is 0. The molecule has 0 unspecified atom stereocenters. The van der Waals surface area contributed by atoms with E-state index in [1.54, 1.807) is 0 Å². The molecule has 2 rings (SSSR count). The third-order valence-electron chi connectivity index (χ3n) is 3.36. The van der Waals surface area contributed by atoms with E-state index >= 15 is 0 Å². The van der Waals surface area contributed by atoms with Gasteiger partial charge in [0.25, 0.3) is 0 Å². The lowest BCUT2D eigenvalue weighted by Crippen LogP contribution is -2.36. The largest absolute Gasteiger partial charge is 0.335 e. The number of rotatable bonds is 6. The summed E-state index contributed by atoms with van der Waals surface area (Å²) >= 11 is 1.84. The zero-order valence-corrected chi connectivity index (χ0v) is 11.2. The molecule has 0 aromatic rings. The van der Waals surface area contributed by atoms with Crippen LogP contribution in [-0.2, 0) is 4.79 Å². The van der Waals surface area contributed by atoms with Crippen LogP contribution in [0.5, 0.6) is 0 Å². The van der Waals surface area contributed by atoms with Gasteiger partial charge in [0.2, 0.25) is 5.91 Å². The summed E-state index contributed by atoms with van der Waals surface area (Å²) in [4.78, 5) is 14.1. The Morgan fingerprint density at radius 3 is 2.65 bits per heavy atom. The van der Waals surface area contributed by atoms with Gasteiger partial charge in [-0.25, -0.2) is 0 Å². The molecule has 0 radical (unpaired) electrons. The Kier molecular flexibility index (Phi) is 4.92.